The van der Waals surface area contributed by atoms with E-state index in [-0.39, 0.29) is 0 Å². The molecule has 0 radical (unpaired) electrons. The van der Waals surface area contributed by atoms with Gasteiger partial charge in [-0.1, -0.05) is 80.6 Å². The van der Waals surface area contributed by atoms with E-state index in [0.717, 1.165) is 12.0 Å². The minimum atomic E-state index is 0.448. The number of hydrogen-bond donors (Lipinski definition) is 1. The first kappa shape index (κ1) is 16.6. The van der Waals surface area contributed by atoms with Crippen LogP contribution in [0.1, 0.15) is 56.1 Å². The van der Waals surface area contributed by atoms with Gasteiger partial charge in [0.05, 0.1) is 0 Å². The Morgan fingerprint density at radius 1 is 0.545 bits per heavy atom. The third-order valence-corrected chi connectivity index (χ3v) is 4.25. The molecule has 0 unspecified atom stereocenters. The molecule has 1 N–H and O–H groups in total. The van der Waals surface area contributed by atoms with E-state index in [0.29, 0.717) is 5.75 Å². The zero-order valence-corrected chi connectivity index (χ0v) is 13.5. The number of phenols is 1. The number of hydrogen-bond acceptors (Lipinski definition) is 1. The Kier molecular flexibility index (Phi) is 7.59. The van der Waals surface area contributed by atoms with E-state index in [1.807, 2.05) is 18.2 Å². The van der Waals surface area contributed by atoms with E-state index < -0.39 is 0 Å². The van der Waals surface area contributed by atoms with Crippen molar-refractivity contribution in [2.24, 2.45) is 0 Å². The van der Waals surface area contributed by atoms with Crippen molar-refractivity contribution in [3.8, 4) is 5.75 Å². The number of phenolic OH excluding ortho intramolecular Hbond substituents is 1. The zero-order valence-electron chi connectivity index (χ0n) is 13.5. The third-order valence-electron chi connectivity index (χ3n) is 4.25. The second-order valence-electron chi connectivity index (χ2n) is 6.09. The predicted octanol–water partition coefficient (Wildman–Crippen LogP) is 5.91. The summed E-state index contributed by atoms with van der Waals surface area (Å²) in [6.45, 7) is 0. The van der Waals surface area contributed by atoms with Crippen LogP contribution >= 0.6 is 0 Å². The smallest absolute Gasteiger partial charge is 0.118 e. The summed E-state index contributed by atoms with van der Waals surface area (Å²) in [5.41, 5.74) is 2.55. The fourth-order valence-electron chi connectivity index (χ4n) is 2.90. The van der Waals surface area contributed by atoms with E-state index >= 15 is 0 Å². The average Bonchev–Trinajstić information content (AvgIpc) is 2.56. The molecule has 2 rings (SSSR count). The van der Waals surface area contributed by atoms with Gasteiger partial charge in [0.1, 0.15) is 5.75 Å². The van der Waals surface area contributed by atoms with Crippen LogP contribution in [0.2, 0.25) is 0 Å². The van der Waals surface area contributed by atoms with Crippen molar-refractivity contribution in [2.45, 2.75) is 57.8 Å². The van der Waals surface area contributed by atoms with Gasteiger partial charge in [-0.3, -0.25) is 0 Å². The van der Waals surface area contributed by atoms with Crippen LogP contribution in [0.4, 0.5) is 0 Å². The van der Waals surface area contributed by atoms with E-state index in [9.17, 15) is 5.11 Å². The Labute approximate surface area is 135 Å². The Bertz CT molecular complexity index is 518. The molecule has 0 aliphatic carbocycles. The van der Waals surface area contributed by atoms with Crippen molar-refractivity contribution >= 4 is 0 Å². The molecule has 0 aromatic heterocycles. The molecule has 118 valence electrons. The summed E-state index contributed by atoms with van der Waals surface area (Å²) in [6, 6.07) is 18.5. The number of aryl methyl sites for hydroxylation is 2. The molecule has 0 aliphatic rings. The van der Waals surface area contributed by atoms with Gasteiger partial charge in [0.15, 0.2) is 0 Å². The van der Waals surface area contributed by atoms with Crippen molar-refractivity contribution in [2.75, 3.05) is 0 Å². The van der Waals surface area contributed by atoms with Gasteiger partial charge in [-0.25, -0.2) is 0 Å². The topological polar surface area (TPSA) is 20.2 Å². The number of aromatic hydroxyl groups is 1. The molecular formula is C21H28O. The summed E-state index contributed by atoms with van der Waals surface area (Å²) >= 11 is 0. The minimum absolute atomic E-state index is 0.448. The molecule has 1 heteroatoms. The molecule has 0 bridgehead atoms. The van der Waals surface area contributed by atoms with Gasteiger partial charge in [0.25, 0.3) is 0 Å². The number of benzene rings is 2. The average molecular weight is 296 g/mol. The van der Waals surface area contributed by atoms with Gasteiger partial charge in [-0.15, -0.1) is 0 Å². The van der Waals surface area contributed by atoms with Crippen LogP contribution in [0.5, 0.6) is 5.75 Å². The SMILES string of the molecule is Oc1ccccc1CCCCCCCCCc1ccccc1. The van der Waals surface area contributed by atoms with Crippen LogP contribution in [-0.4, -0.2) is 5.11 Å². The first-order valence-electron chi connectivity index (χ1n) is 8.67. The van der Waals surface area contributed by atoms with Crippen LogP contribution < -0.4 is 0 Å². The second-order valence-corrected chi connectivity index (χ2v) is 6.09. The summed E-state index contributed by atoms with van der Waals surface area (Å²) < 4.78 is 0. The molecular weight excluding hydrogens is 268 g/mol. The maximum absolute atomic E-state index is 9.70. The first-order valence-corrected chi connectivity index (χ1v) is 8.67. The molecule has 22 heavy (non-hydrogen) atoms. The molecule has 0 saturated heterocycles. The first-order chi connectivity index (χ1) is 10.9. The predicted molar refractivity (Wildman–Crippen MR) is 94.3 cm³/mol. The Balaban J connectivity index is 1.44. The highest BCUT2D eigenvalue weighted by molar-refractivity contribution is 5.31. The summed E-state index contributed by atoms with van der Waals surface area (Å²) in [7, 11) is 0. The van der Waals surface area contributed by atoms with E-state index in [4.69, 9.17) is 0 Å². The molecule has 0 fully saturated rings. The molecule has 0 amide bonds. The summed E-state index contributed by atoms with van der Waals surface area (Å²) in [5, 5.41) is 9.70. The monoisotopic (exact) mass is 296 g/mol. The van der Waals surface area contributed by atoms with E-state index in [1.54, 1.807) is 6.07 Å². The molecule has 2 aromatic carbocycles. The summed E-state index contributed by atoms with van der Waals surface area (Å²) in [5.74, 6) is 0.448. The zero-order chi connectivity index (χ0) is 15.5. The number of para-hydroxylation sites is 1. The highest BCUT2D eigenvalue weighted by Gasteiger charge is 1.99. The summed E-state index contributed by atoms with van der Waals surface area (Å²) in [4.78, 5) is 0. The lowest BCUT2D eigenvalue weighted by molar-refractivity contribution is 0.466. The highest BCUT2D eigenvalue weighted by Crippen LogP contribution is 2.19. The van der Waals surface area contributed by atoms with Crippen LogP contribution in [0, 0.1) is 0 Å². The van der Waals surface area contributed by atoms with Gasteiger partial charge in [0, 0.05) is 0 Å². The minimum Gasteiger partial charge on any atom is -0.508 e. The van der Waals surface area contributed by atoms with Gasteiger partial charge in [0.2, 0.25) is 0 Å². The normalized spacial score (nSPS) is 10.7. The number of rotatable bonds is 10. The van der Waals surface area contributed by atoms with Crippen molar-refractivity contribution in [3.05, 3.63) is 65.7 Å². The van der Waals surface area contributed by atoms with Crippen LogP contribution in [0.15, 0.2) is 54.6 Å². The largest absolute Gasteiger partial charge is 0.508 e. The maximum atomic E-state index is 9.70. The Morgan fingerprint density at radius 3 is 1.77 bits per heavy atom. The van der Waals surface area contributed by atoms with Crippen molar-refractivity contribution in [3.63, 3.8) is 0 Å². The third kappa shape index (κ3) is 6.34. The van der Waals surface area contributed by atoms with Crippen molar-refractivity contribution in [1.82, 2.24) is 0 Å². The second kappa shape index (κ2) is 10.0. The lowest BCUT2D eigenvalue weighted by Crippen LogP contribution is -1.88. The molecule has 0 heterocycles. The molecule has 0 aliphatic heterocycles. The van der Waals surface area contributed by atoms with Gasteiger partial charge in [-0.2, -0.15) is 0 Å². The molecule has 0 atom stereocenters. The standard InChI is InChI=1S/C21H28O/c22-21-18-12-11-17-20(21)16-10-5-3-1-2-4-7-13-19-14-8-6-9-15-19/h6,8-9,11-12,14-15,17-18,22H,1-5,7,10,13,16H2. The van der Waals surface area contributed by atoms with Crippen LogP contribution in [0.25, 0.3) is 0 Å². The number of unbranched alkanes of at least 4 members (excludes halogenated alkanes) is 6. The van der Waals surface area contributed by atoms with E-state index in [2.05, 4.69) is 30.3 Å². The van der Waals surface area contributed by atoms with E-state index in [1.165, 1.54) is 56.9 Å². The summed E-state index contributed by atoms with van der Waals surface area (Å²) in [6.07, 6.45) is 11.3. The molecule has 2 aromatic rings. The van der Waals surface area contributed by atoms with Crippen LogP contribution in [-0.2, 0) is 12.8 Å². The molecule has 1 nitrogen and oxygen atoms in total. The van der Waals surface area contributed by atoms with Gasteiger partial charge >= 0.3 is 0 Å². The fraction of sp³-hybridized carbons (Fsp3) is 0.429. The van der Waals surface area contributed by atoms with Gasteiger partial charge < -0.3 is 5.11 Å². The fourth-order valence-corrected chi connectivity index (χ4v) is 2.90. The maximum Gasteiger partial charge on any atom is 0.118 e. The Hall–Kier alpha value is -1.76. The van der Waals surface area contributed by atoms with Crippen molar-refractivity contribution in [1.29, 1.82) is 0 Å². The lowest BCUT2D eigenvalue weighted by Gasteiger charge is -2.05. The Morgan fingerprint density at radius 2 is 1.09 bits per heavy atom. The molecule has 0 saturated carbocycles. The lowest BCUT2D eigenvalue weighted by atomic mass is 10.0. The highest BCUT2D eigenvalue weighted by atomic mass is 16.3. The molecule has 0 spiro atoms. The quantitative estimate of drug-likeness (QED) is 0.540. The van der Waals surface area contributed by atoms with Crippen LogP contribution in [0.3, 0.4) is 0 Å². The van der Waals surface area contributed by atoms with Crippen molar-refractivity contribution < 1.29 is 5.11 Å². The van der Waals surface area contributed by atoms with Gasteiger partial charge in [-0.05, 0) is 42.9 Å².